The summed E-state index contributed by atoms with van der Waals surface area (Å²) in [5, 5.41) is 5.37. The van der Waals surface area contributed by atoms with E-state index in [4.69, 9.17) is 20.4 Å². The van der Waals surface area contributed by atoms with Gasteiger partial charge in [-0.3, -0.25) is 0 Å². The van der Waals surface area contributed by atoms with Crippen molar-refractivity contribution >= 4 is 58.8 Å². The summed E-state index contributed by atoms with van der Waals surface area (Å²) >= 11 is 0.569. The molecular weight excluding hydrogens is 504 g/mol. The Morgan fingerprint density at radius 3 is 0.742 bits per heavy atom. The maximum atomic E-state index is 4.70. The molecule has 4 aromatic carbocycles. The summed E-state index contributed by atoms with van der Waals surface area (Å²) in [7, 11) is 12.0. The first-order valence-electron chi connectivity index (χ1n) is 9.78. The summed E-state index contributed by atoms with van der Waals surface area (Å²) in [6.45, 7) is 4.00. The van der Waals surface area contributed by atoms with Gasteiger partial charge in [0.15, 0.2) is 0 Å². The molecule has 0 aliphatic carbocycles. The first-order chi connectivity index (χ1) is 15.3. The molecule has 5 heteroatoms. The van der Waals surface area contributed by atoms with E-state index in [9.17, 15) is 0 Å². The average molecular weight is 530 g/mol. The van der Waals surface area contributed by atoms with Crippen molar-refractivity contribution in [1.82, 2.24) is 0 Å². The Bertz CT molecular complexity index is 741. The zero-order valence-corrected chi connectivity index (χ0v) is 21.8. The van der Waals surface area contributed by atoms with Gasteiger partial charge in [0.1, 0.15) is 0 Å². The molecule has 0 bridgehead atoms. The van der Waals surface area contributed by atoms with Gasteiger partial charge in [-0.15, -0.1) is 0 Å². The minimum atomic E-state index is 0.569. The summed E-state index contributed by atoms with van der Waals surface area (Å²) in [6.07, 6.45) is 0. The molecule has 164 valence electrons. The molecular formula is C26H26Cl2NiP2. The van der Waals surface area contributed by atoms with Crippen LogP contribution in [-0.4, -0.2) is 0 Å². The van der Waals surface area contributed by atoms with Crippen molar-refractivity contribution < 1.29 is 12.7 Å². The fourth-order valence-corrected chi connectivity index (χ4v) is 4.19. The molecule has 0 aromatic heterocycles. The van der Waals surface area contributed by atoms with Crippen molar-refractivity contribution in [3.8, 4) is 0 Å². The van der Waals surface area contributed by atoms with Gasteiger partial charge < -0.3 is 0 Å². The van der Waals surface area contributed by atoms with Crippen molar-refractivity contribution in [1.29, 1.82) is 0 Å². The fourth-order valence-electron chi connectivity index (χ4n) is 2.31. The smallest absolute Gasteiger partial charge is 0.0100 e. The molecule has 2 radical (unpaired) electrons. The van der Waals surface area contributed by atoms with Crippen LogP contribution in [0.25, 0.3) is 0 Å². The Kier molecular flexibility index (Phi) is 17.5. The number of rotatable bonds is 4. The van der Waals surface area contributed by atoms with E-state index in [-0.39, 0.29) is 0 Å². The van der Waals surface area contributed by atoms with E-state index >= 15 is 0 Å². The van der Waals surface area contributed by atoms with E-state index in [0.29, 0.717) is 12.7 Å². The molecule has 4 aromatic rings. The van der Waals surface area contributed by atoms with E-state index < -0.39 is 0 Å². The Morgan fingerprint density at radius 2 is 0.581 bits per heavy atom. The van der Waals surface area contributed by atoms with Crippen LogP contribution >= 0.6 is 37.5 Å². The first kappa shape index (κ1) is 27.8. The molecule has 0 atom stereocenters. The standard InChI is InChI=1S/2C12H10P.C2H6.2ClH.Ni/c2*1-3-7-11(8-4-1)13-12-9-5-2-6-10-12;1-2;;;/h2*1-10H;1-2H3;2*1H;/q;;;;;+2/p-2. The number of hydrogen-bond acceptors (Lipinski definition) is 0. The largest absolute Gasteiger partial charge is 0.0622 e. The summed E-state index contributed by atoms with van der Waals surface area (Å²) in [6, 6.07) is 42.0. The summed E-state index contributed by atoms with van der Waals surface area (Å²) < 4.78 is 0. The van der Waals surface area contributed by atoms with Gasteiger partial charge in [0.25, 0.3) is 0 Å². The number of halogens is 2. The zero-order valence-electron chi connectivity index (χ0n) is 17.5. The minimum absolute atomic E-state index is 0.569. The monoisotopic (exact) mass is 528 g/mol. The Hall–Kier alpha value is -1.19. The van der Waals surface area contributed by atoms with Gasteiger partial charge in [-0.25, -0.2) is 0 Å². The quantitative estimate of drug-likeness (QED) is 0.189. The van der Waals surface area contributed by atoms with E-state index in [0.717, 1.165) is 0 Å². The van der Waals surface area contributed by atoms with Crippen molar-refractivity contribution in [2.75, 3.05) is 0 Å². The molecule has 0 aliphatic heterocycles. The Labute approximate surface area is 205 Å². The van der Waals surface area contributed by atoms with Crippen LogP contribution < -0.4 is 21.2 Å². The molecule has 0 unspecified atom stereocenters. The van der Waals surface area contributed by atoms with Crippen molar-refractivity contribution in [2.24, 2.45) is 0 Å². The maximum absolute atomic E-state index is 4.70. The average Bonchev–Trinajstić information content (AvgIpc) is 2.84. The predicted octanol–water partition coefficient (Wildman–Crippen LogP) is 7.57. The molecule has 0 fully saturated rings. The van der Waals surface area contributed by atoms with Crippen LogP contribution in [0.2, 0.25) is 0 Å². The van der Waals surface area contributed by atoms with Crippen LogP contribution in [0.15, 0.2) is 121 Å². The van der Waals surface area contributed by atoms with Crippen LogP contribution in [0, 0.1) is 0 Å². The second-order valence-corrected chi connectivity index (χ2v) is 9.75. The second kappa shape index (κ2) is 19.5. The molecule has 4 rings (SSSR count). The molecule has 0 saturated heterocycles. The minimum Gasteiger partial charge on any atom is -0.0622 e. The SMILES string of the molecule is CC.[Cl][Ni][Cl].c1ccc([P]c2ccccc2)cc1.c1ccc([P]c2ccccc2)cc1. The molecule has 0 heterocycles. The van der Waals surface area contributed by atoms with Crippen LogP contribution in [0.4, 0.5) is 0 Å². The number of benzene rings is 4. The molecule has 0 aliphatic rings. The van der Waals surface area contributed by atoms with Gasteiger partial charge in [0.05, 0.1) is 0 Å². The third-order valence-electron chi connectivity index (χ3n) is 3.54. The number of hydrogen-bond donors (Lipinski definition) is 0. The molecule has 0 N–H and O–H groups in total. The molecule has 31 heavy (non-hydrogen) atoms. The van der Waals surface area contributed by atoms with Crippen LogP contribution in [0.1, 0.15) is 13.8 Å². The zero-order chi connectivity index (χ0) is 22.6. The van der Waals surface area contributed by atoms with E-state index in [2.05, 4.69) is 97.1 Å². The summed E-state index contributed by atoms with van der Waals surface area (Å²) in [5.41, 5.74) is 0. The van der Waals surface area contributed by atoms with E-state index in [1.807, 2.05) is 38.1 Å². The van der Waals surface area contributed by atoms with Crippen molar-refractivity contribution in [3.63, 3.8) is 0 Å². The van der Waals surface area contributed by atoms with Gasteiger partial charge in [-0.05, 0) is 38.4 Å². The van der Waals surface area contributed by atoms with Crippen molar-refractivity contribution in [2.45, 2.75) is 13.8 Å². The molecule has 0 amide bonds. The predicted molar refractivity (Wildman–Crippen MR) is 141 cm³/mol. The molecule has 0 saturated carbocycles. The fraction of sp³-hybridized carbons (Fsp3) is 0.0769. The normalized spacial score (nSPS) is 9.16. The van der Waals surface area contributed by atoms with E-state index in [1.165, 1.54) is 38.4 Å². The molecule has 0 nitrogen and oxygen atoms in total. The van der Waals surface area contributed by atoms with Crippen molar-refractivity contribution in [3.05, 3.63) is 121 Å². The topological polar surface area (TPSA) is 0 Å². The second-order valence-electron chi connectivity index (χ2n) is 5.61. The summed E-state index contributed by atoms with van der Waals surface area (Å²) in [5.74, 6) is 0. The van der Waals surface area contributed by atoms with Crippen LogP contribution in [-0.2, 0) is 12.7 Å². The van der Waals surface area contributed by atoms with Crippen LogP contribution in [0.3, 0.4) is 0 Å². The molecule has 0 spiro atoms. The Morgan fingerprint density at radius 1 is 0.419 bits per heavy atom. The third kappa shape index (κ3) is 13.8. The van der Waals surface area contributed by atoms with Gasteiger partial charge in [-0.1, -0.05) is 135 Å². The van der Waals surface area contributed by atoms with Gasteiger partial charge in [-0.2, -0.15) is 0 Å². The Balaban J connectivity index is 0.000000258. The first-order valence-corrected chi connectivity index (χ1v) is 14.3. The third-order valence-corrected chi connectivity index (χ3v) is 5.77. The van der Waals surface area contributed by atoms with E-state index in [1.54, 1.807) is 0 Å². The summed E-state index contributed by atoms with van der Waals surface area (Å²) in [4.78, 5) is 0. The van der Waals surface area contributed by atoms with Gasteiger partial charge >= 0.3 is 33.0 Å². The van der Waals surface area contributed by atoms with Gasteiger partial charge in [0, 0.05) is 0 Å². The van der Waals surface area contributed by atoms with Gasteiger partial charge in [0.2, 0.25) is 0 Å². The van der Waals surface area contributed by atoms with Crippen LogP contribution in [0.5, 0.6) is 0 Å². The maximum Gasteiger partial charge on any atom is -0.0100 e.